The first-order valence-corrected chi connectivity index (χ1v) is 12.7. The normalized spacial score (nSPS) is 18.5. The van der Waals surface area contributed by atoms with Crippen molar-refractivity contribution in [1.29, 1.82) is 0 Å². The minimum absolute atomic E-state index is 0.0754. The van der Waals surface area contributed by atoms with Crippen molar-refractivity contribution in [1.82, 2.24) is 24.8 Å². The maximum Gasteiger partial charge on any atom is 0.147 e. The van der Waals surface area contributed by atoms with E-state index in [1.54, 1.807) is 6.33 Å². The quantitative estimate of drug-likeness (QED) is 0.429. The lowest BCUT2D eigenvalue weighted by atomic mass is 9.86. The Morgan fingerprint density at radius 1 is 0.857 bits per heavy atom. The average molecular weight is 469 g/mol. The Morgan fingerprint density at radius 3 is 2.31 bits per heavy atom. The Labute approximate surface area is 205 Å². The van der Waals surface area contributed by atoms with Crippen molar-refractivity contribution in [3.63, 3.8) is 0 Å². The molecule has 2 aliphatic rings. The van der Waals surface area contributed by atoms with Crippen LogP contribution in [0.4, 0.5) is 5.82 Å². The first-order valence-electron chi connectivity index (χ1n) is 12.7. The van der Waals surface area contributed by atoms with Crippen LogP contribution in [-0.4, -0.2) is 45.6 Å². The van der Waals surface area contributed by atoms with Crippen molar-refractivity contribution in [2.24, 2.45) is 0 Å². The molecule has 3 N–H and O–H groups in total. The molecule has 7 heteroatoms. The number of nitrogens with zero attached hydrogens (tertiary/aromatic N) is 4. The van der Waals surface area contributed by atoms with Gasteiger partial charge in [-0.1, -0.05) is 36.8 Å². The van der Waals surface area contributed by atoms with Crippen LogP contribution >= 0.6 is 0 Å². The zero-order valence-electron chi connectivity index (χ0n) is 20.0. The van der Waals surface area contributed by atoms with Gasteiger partial charge >= 0.3 is 0 Å². The van der Waals surface area contributed by atoms with E-state index >= 15 is 0 Å². The van der Waals surface area contributed by atoms with Crippen molar-refractivity contribution in [2.45, 2.75) is 37.8 Å². The number of benzene rings is 2. The van der Waals surface area contributed by atoms with Crippen molar-refractivity contribution in [2.75, 3.05) is 31.9 Å². The third kappa shape index (κ3) is 4.05. The SMILES string of the molecule is Nc1ncnc2c1c(-c1ccc(Oc3ccccc3)cc1)cn2C1(N2CCNCC2)CCCCC1. The number of nitrogen functional groups attached to an aromatic ring is 1. The summed E-state index contributed by atoms with van der Waals surface area (Å²) in [6.45, 7) is 4.13. The van der Waals surface area contributed by atoms with E-state index in [9.17, 15) is 0 Å². The van der Waals surface area contributed by atoms with Gasteiger partial charge in [-0.05, 0) is 55.5 Å². The van der Waals surface area contributed by atoms with Gasteiger partial charge < -0.3 is 20.4 Å². The van der Waals surface area contributed by atoms with E-state index in [1.807, 2.05) is 42.5 Å². The van der Waals surface area contributed by atoms with Gasteiger partial charge in [-0.15, -0.1) is 0 Å². The summed E-state index contributed by atoms with van der Waals surface area (Å²) in [6.07, 6.45) is 9.88. The number of hydrogen-bond donors (Lipinski definition) is 2. The molecule has 4 aromatic rings. The average Bonchev–Trinajstić information content (AvgIpc) is 3.32. The Hall–Kier alpha value is -3.42. The third-order valence-corrected chi connectivity index (χ3v) is 7.56. The number of fused-ring (bicyclic) bond motifs is 1. The Kier molecular flexibility index (Phi) is 5.88. The van der Waals surface area contributed by atoms with E-state index < -0.39 is 0 Å². The Balaban J connectivity index is 1.43. The molecule has 2 aromatic carbocycles. The summed E-state index contributed by atoms with van der Waals surface area (Å²) in [7, 11) is 0. The molecule has 2 fully saturated rings. The number of ether oxygens (including phenoxy) is 1. The van der Waals surface area contributed by atoms with Crippen LogP contribution in [0.3, 0.4) is 0 Å². The van der Waals surface area contributed by atoms with Gasteiger partial charge in [-0.25, -0.2) is 9.97 Å². The first kappa shape index (κ1) is 22.1. The van der Waals surface area contributed by atoms with E-state index in [-0.39, 0.29) is 5.66 Å². The largest absolute Gasteiger partial charge is 0.457 e. The molecule has 0 bridgehead atoms. The predicted molar refractivity (Wildman–Crippen MR) is 139 cm³/mol. The number of rotatable bonds is 5. The van der Waals surface area contributed by atoms with Crippen LogP contribution in [0.5, 0.6) is 11.5 Å². The standard InChI is InChI=1S/C28H32N6O/c29-26-25-24(21-9-11-23(12-10-21)35-22-7-3-1-4-8-22)19-34(27(25)32-20-31-26)28(13-5-2-6-14-28)33-17-15-30-16-18-33/h1,3-4,7-12,19-20,30H,2,5-6,13-18H2,(H2,29,31,32). The highest BCUT2D eigenvalue weighted by atomic mass is 16.5. The van der Waals surface area contributed by atoms with Crippen molar-refractivity contribution < 1.29 is 4.74 Å². The second kappa shape index (κ2) is 9.32. The van der Waals surface area contributed by atoms with E-state index in [0.717, 1.165) is 72.7 Å². The number of piperazine rings is 1. The maximum atomic E-state index is 6.48. The molecule has 6 rings (SSSR count). The van der Waals surface area contributed by atoms with E-state index in [2.05, 4.69) is 38.1 Å². The molecular formula is C28H32N6O. The lowest BCUT2D eigenvalue weighted by Crippen LogP contribution is -2.57. The van der Waals surface area contributed by atoms with Crippen molar-refractivity contribution in [3.05, 3.63) is 67.1 Å². The van der Waals surface area contributed by atoms with Crippen molar-refractivity contribution >= 4 is 16.9 Å². The number of nitrogens with one attached hydrogen (secondary N) is 1. The monoisotopic (exact) mass is 468 g/mol. The molecule has 0 amide bonds. The van der Waals surface area contributed by atoms with Crippen LogP contribution in [0.25, 0.3) is 22.2 Å². The molecule has 3 heterocycles. The molecule has 180 valence electrons. The molecule has 2 aromatic heterocycles. The summed E-state index contributed by atoms with van der Waals surface area (Å²) in [5.41, 5.74) is 9.49. The molecule has 1 saturated carbocycles. The minimum Gasteiger partial charge on any atom is -0.457 e. The van der Waals surface area contributed by atoms with Crippen molar-refractivity contribution in [3.8, 4) is 22.6 Å². The number of nitrogens with two attached hydrogens (primary N) is 1. The summed E-state index contributed by atoms with van der Waals surface area (Å²) < 4.78 is 8.43. The third-order valence-electron chi connectivity index (χ3n) is 7.56. The van der Waals surface area contributed by atoms with Gasteiger partial charge in [0, 0.05) is 37.9 Å². The number of anilines is 1. The summed E-state index contributed by atoms with van der Waals surface area (Å²) >= 11 is 0. The van der Waals surface area contributed by atoms with E-state index in [4.69, 9.17) is 15.5 Å². The van der Waals surface area contributed by atoms with Gasteiger partial charge in [0.05, 0.1) is 11.0 Å². The second-order valence-corrected chi connectivity index (χ2v) is 9.59. The first-order chi connectivity index (χ1) is 17.2. The molecule has 0 unspecified atom stereocenters. The highest BCUT2D eigenvalue weighted by Gasteiger charge is 2.41. The molecule has 0 radical (unpaired) electrons. The topological polar surface area (TPSA) is 81.2 Å². The van der Waals surface area contributed by atoms with E-state index in [1.165, 1.54) is 19.3 Å². The molecule has 1 saturated heterocycles. The second-order valence-electron chi connectivity index (χ2n) is 9.59. The molecule has 0 spiro atoms. The maximum absolute atomic E-state index is 6.48. The number of hydrogen-bond acceptors (Lipinski definition) is 6. The molecule has 1 aliphatic carbocycles. The summed E-state index contributed by atoms with van der Waals surface area (Å²) in [5.74, 6) is 2.15. The summed E-state index contributed by atoms with van der Waals surface area (Å²) in [4.78, 5) is 11.8. The molecule has 0 atom stereocenters. The van der Waals surface area contributed by atoms with Crippen LogP contribution in [0, 0.1) is 0 Å². The Morgan fingerprint density at radius 2 is 1.57 bits per heavy atom. The van der Waals surface area contributed by atoms with Gasteiger partial charge in [-0.3, -0.25) is 4.90 Å². The highest BCUT2D eigenvalue weighted by Crippen LogP contribution is 2.43. The van der Waals surface area contributed by atoms with Crippen LogP contribution in [0.1, 0.15) is 32.1 Å². The zero-order valence-corrected chi connectivity index (χ0v) is 20.0. The zero-order chi connectivity index (χ0) is 23.7. The lowest BCUT2D eigenvalue weighted by Gasteiger charge is -2.49. The van der Waals surface area contributed by atoms with Crippen LogP contribution in [-0.2, 0) is 5.66 Å². The van der Waals surface area contributed by atoms with Crippen LogP contribution in [0.15, 0.2) is 67.1 Å². The van der Waals surface area contributed by atoms with Gasteiger partial charge in [0.15, 0.2) is 0 Å². The number of aromatic nitrogens is 3. The lowest BCUT2D eigenvalue weighted by molar-refractivity contribution is -0.0216. The van der Waals surface area contributed by atoms with Gasteiger partial charge in [0.1, 0.15) is 29.3 Å². The van der Waals surface area contributed by atoms with E-state index in [0.29, 0.717) is 5.82 Å². The molecule has 7 nitrogen and oxygen atoms in total. The molecular weight excluding hydrogens is 436 g/mol. The van der Waals surface area contributed by atoms with Crippen LogP contribution in [0.2, 0.25) is 0 Å². The van der Waals surface area contributed by atoms with Gasteiger partial charge in [-0.2, -0.15) is 0 Å². The van der Waals surface area contributed by atoms with Gasteiger partial charge in [0.25, 0.3) is 0 Å². The number of para-hydroxylation sites is 1. The molecule has 1 aliphatic heterocycles. The fraction of sp³-hybridized carbons (Fsp3) is 0.357. The molecule has 35 heavy (non-hydrogen) atoms. The van der Waals surface area contributed by atoms with Crippen LogP contribution < -0.4 is 15.8 Å². The smallest absolute Gasteiger partial charge is 0.147 e. The minimum atomic E-state index is -0.0754. The predicted octanol–water partition coefficient (Wildman–Crippen LogP) is 4.99. The Bertz CT molecular complexity index is 1290. The summed E-state index contributed by atoms with van der Waals surface area (Å²) in [5, 5.41) is 4.45. The fourth-order valence-corrected chi connectivity index (χ4v) is 5.86. The van der Waals surface area contributed by atoms with Gasteiger partial charge in [0.2, 0.25) is 0 Å². The highest BCUT2D eigenvalue weighted by molar-refractivity contribution is 6.00. The fourth-order valence-electron chi connectivity index (χ4n) is 5.86. The summed E-state index contributed by atoms with van der Waals surface area (Å²) in [6, 6.07) is 18.1.